The Hall–Kier alpha value is -1.74. The Morgan fingerprint density at radius 1 is 1.27 bits per heavy atom. The van der Waals surface area contributed by atoms with Crippen molar-refractivity contribution in [1.82, 2.24) is 0 Å². The number of hydrogen-bond donors (Lipinski definition) is 2. The van der Waals surface area contributed by atoms with E-state index in [-0.39, 0.29) is 16.3 Å². The van der Waals surface area contributed by atoms with E-state index in [0.29, 0.717) is 10.8 Å². The summed E-state index contributed by atoms with van der Waals surface area (Å²) in [7, 11) is 0. The fraction of sp³-hybridized carbons (Fsp3) is 0. The standard InChI is InChI=1S/C11H7ClO3/c12-10-7-4-2-1-3-6(7)5-8(13)9(10)11(14)15/h1-5,13H,(H,14,15). The van der Waals surface area contributed by atoms with Crippen molar-refractivity contribution >= 4 is 28.3 Å². The van der Waals surface area contributed by atoms with Crippen molar-refractivity contribution in [2.45, 2.75) is 0 Å². The van der Waals surface area contributed by atoms with Gasteiger partial charge < -0.3 is 10.2 Å². The maximum absolute atomic E-state index is 10.8. The highest BCUT2D eigenvalue weighted by molar-refractivity contribution is 6.38. The van der Waals surface area contributed by atoms with Crippen molar-refractivity contribution < 1.29 is 15.0 Å². The molecular weight excluding hydrogens is 216 g/mol. The highest BCUT2D eigenvalue weighted by Crippen LogP contribution is 2.33. The fourth-order valence-electron chi connectivity index (χ4n) is 1.49. The molecule has 0 radical (unpaired) electrons. The minimum absolute atomic E-state index is 0.0677. The molecule has 76 valence electrons. The maximum atomic E-state index is 10.8. The highest BCUT2D eigenvalue weighted by Gasteiger charge is 2.16. The van der Waals surface area contributed by atoms with Crippen LogP contribution in [0.15, 0.2) is 30.3 Å². The number of phenols is 1. The number of aromatic carboxylic acids is 1. The summed E-state index contributed by atoms with van der Waals surface area (Å²) in [6.07, 6.45) is 0. The van der Waals surface area contributed by atoms with Gasteiger partial charge in [0.1, 0.15) is 11.3 Å². The summed E-state index contributed by atoms with van der Waals surface area (Å²) in [5.41, 5.74) is -0.254. The van der Waals surface area contributed by atoms with Gasteiger partial charge in [-0.3, -0.25) is 0 Å². The van der Waals surface area contributed by atoms with Crippen LogP contribution >= 0.6 is 11.6 Å². The SMILES string of the molecule is O=C(O)c1c(O)cc2ccccc2c1Cl. The number of carboxylic acid groups (broad SMARTS) is 1. The zero-order valence-corrected chi connectivity index (χ0v) is 8.32. The van der Waals surface area contributed by atoms with E-state index in [1.807, 2.05) is 0 Å². The first-order valence-electron chi connectivity index (χ1n) is 4.25. The van der Waals surface area contributed by atoms with Gasteiger partial charge in [0.2, 0.25) is 0 Å². The largest absolute Gasteiger partial charge is 0.507 e. The van der Waals surface area contributed by atoms with Crippen LogP contribution < -0.4 is 0 Å². The Labute approximate surface area is 90.5 Å². The van der Waals surface area contributed by atoms with Crippen LogP contribution in [0.3, 0.4) is 0 Å². The topological polar surface area (TPSA) is 57.5 Å². The molecule has 0 spiro atoms. The van der Waals surface area contributed by atoms with Crippen LogP contribution in [0, 0.1) is 0 Å². The third-order valence-corrected chi connectivity index (χ3v) is 2.57. The summed E-state index contributed by atoms with van der Waals surface area (Å²) < 4.78 is 0. The molecule has 0 amide bonds. The van der Waals surface area contributed by atoms with E-state index in [1.165, 1.54) is 6.07 Å². The number of fused-ring (bicyclic) bond motifs is 1. The Morgan fingerprint density at radius 3 is 2.60 bits per heavy atom. The molecule has 0 fully saturated rings. The molecular formula is C11H7ClO3. The molecule has 15 heavy (non-hydrogen) atoms. The van der Waals surface area contributed by atoms with E-state index in [1.54, 1.807) is 24.3 Å². The first-order valence-corrected chi connectivity index (χ1v) is 4.62. The Balaban J connectivity index is 2.90. The molecule has 2 aromatic rings. The third-order valence-electron chi connectivity index (χ3n) is 2.18. The highest BCUT2D eigenvalue weighted by atomic mass is 35.5. The molecule has 2 aromatic carbocycles. The summed E-state index contributed by atoms with van der Waals surface area (Å²) in [6, 6.07) is 8.41. The fourth-order valence-corrected chi connectivity index (χ4v) is 1.84. The molecule has 0 atom stereocenters. The van der Waals surface area contributed by atoms with Crippen molar-refractivity contribution in [3.63, 3.8) is 0 Å². The summed E-state index contributed by atoms with van der Waals surface area (Å²) >= 11 is 5.90. The van der Waals surface area contributed by atoms with Gasteiger partial charge in [0.25, 0.3) is 0 Å². The van der Waals surface area contributed by atoms with Crippen molar-refractivity contribution in [1.29, 1.82) is 0 Å². The number of carboxylic acids is 1. The lowest BCUT2D eigenvalue weighted by Gasteiger charge is -2.06. The predicted molar refractivity (Wildman–Crippen MR) is 57.6 cm³/mol. The van der Waals surface area contributed by atoms with Crippen molar-refractivity contribution in [2.24, 2.45) is 0 Å². The summed E-state index contributed by atoms with van der Waals surface area (Å²) in [6.45, 7) is 0. The van der Waals surface area contributed by atoms with Crippen LogP contribution in [0.2, 0.25) is 5.02 Å². The monoisotopic (exact) mass is 222 g/mol. The van der Waals surface area contributed by atoms with Gasteiger partial charge >= 0.3 is 5.97 Å². The number of aromatic hydroxyl groups is 1. The second-order valence-corrected chi connectivity index (χ2v) is 3.49. The smallest absolute Gasteiger partial charge is 0.341 e. The lowest BCUT2D eigenvalue weighted by Crippen LogP contribution is -1.98. The molecule has 0 saturated carbocycles. The van der Waals surface area contributed by atoms with Gasteiger partial charge in [-0.05, 0) is 11.5 Å². The molecule has 0 aliphatic heterocycles. The van der Waals surface area contributed by atoms with Crippen molar-refractivity contribution in [3.05, 3.63) is 40.9 Å². The van der Waals surface area contributed by atoms with Gasteiger partial charge in [-0.2, -0.15) is 0 Å². The van der Waals surface area contributed by atoms with E-state index in [4.69, 9.17) is 16.7 Å². The van der Waals surface area contributed by atoms with Gasteiger partial charge in [0.05, 0.1) is 5.02 Å². The van der Waals surface area contributed by atoms with E-state index in [0.717, 1.165) is 0 Å². The van der Waals surface area contributed by atoms with Crippen LogP contribution in [0.4, 0.5) is 0 Å². The number of benzene rings is 2. The number of rotatable bonds is 1. The van der Waals surface area contributed by atoms with Crippen LogP contribution in [-0.2, 0) is 0 Å². The van der Waals surface area contributed by atoms with Crippen molar-refractivity contribution in [2.75, 3.05) is 0 Å². The quantitative estimate of drug-likeness (QED) is 0.780. The van der Waals surface area contributed by atoms with Crippen LogP contribution in [0.25, 0.3) is 10.8 Å². The second kappa shape index (κ2) is 3.44. The Bertz CT molecular complexity index is 549. The van der Waals surface area contributed by atoms with E-state index < -0.39 is 5.97 Å². The third kappa shape index (κ3) is 1.51. The Kier molecular flexibility index (Phi) is 2.25. The lowest BCUT2D eigenvalue weighted by atomic mass is 10.1. The minimum Gasteiger partial charge on any atom is -0.507 e. The molecule has 0 aliphatic rings. The van der Waals surface area contributed by atoms with Gasteiger partial charge in [-0.15, -0.1) is 0 Å². The molecule has 0 unspecified atom stereocenters. The van der Waals surface area contributed by atoms with Crippen LogP contribution in [0.1, 0.15) is 10.4 Å². The number of carbonyl (C=O) groups is 1. The molecule has 4 heteroatoms. The average molecular weight is 223 g/mol. The van der Waals surface area contributed by atoms with E-state index in [2.05, 4.69) is 0 Å². The summed E-state index contributed by atoms with van der Waals surface area (Å²) in [4.78, 5) is 10.8. The molecule has 0 bridgehead atoms. The first kappa shape index (κ1) is 9.80. The molecule has 0 saturated heterocycles. The van der Waals surface area contributed by atoms with Crippen LogP contribution in [-0.4, -0.2) is 16.2 Å². The zero-order chi connectivity index (χ0) is 11.0. The van der Waals surface area contributed by atoms with Crippen molar-refractivity contribution in [3.8, 4) is 5.75 Å². The predicted octanol–water partition coefficient (Wildman–Crippen LogP) is 2.90. The molecule has 0 aliphatic carbocycles. The number of halogens is 1. The van der Waals surface area contributed by atoms with Gasteiger partial charge in [-0.25, -0.2) is 4.79 Å². The normalized spacial score (nSPS) is 10.5. The van der Waals surface area contributed by atoms with Gasteiger partial charge in [0, 0.05) is 5.39 Å². The first-order chi connectivity index (χ1) is 7.11. The lowest BCUT2D eigenvalue weighted by molar-refractivity contribution is 0.0694. The maximum Gasteiger partial charge on any atom is 0.341 e. The van der Waals surface area contributed by atoms with E-state index >= 15 is 0 Å². The number of hydrogen-bond acceptors (Lipinski definition) is 2. The summed E-state index contributed by atoms with van der Waals surface area (Å²) in [5.74, 6) is -1.55. The molecule has 2 rings (SSSR count). The van der Waals surface area contributed by atoms with E-state index in [9.17, 15) is 9.90 Å². The molecule has 3 nitrogen and oxygen atoms in total. The zero-order valence-electron chi connectivity index (χ0n) is 7.57. The average Bonchev–Trinajstić information content (AvgIpc) is 2.17. The van der Waals surface area contributed by atoms with Gasteiger partial charge in [-0.1, -0.05) is 35.9 Å². The molecule has 0 aromatic heterocycles. The summed E-state index contributed by atoms with van der Waals surface area (Å²) in [5, 5.41) is 19.8. The minimum atomic E-state index is -1.23. The van der Waals surface area contributed by atoms with Crippen LogP contribution in [0.5, 0.6) is 5.75 Å². The van der Waals surface area contributed by atoms with Gasteiger partial charge in [0.15, 0.2) is 0 Å². The second-order valence-electron chi connectivity index (χ2n) is 3.11. The Morgan fingerprint density at radius 2 is 1.93 bits per heavy atom. The molecule has 0 heterocycles. The molecule has 2 N–H and O–H groups in total.